The minimum Gasteiger partial charge on any atom is -0.340 e. The molecule has 0 spiro atoms. The molecule has 2 N–H and O–H groups in total. The smallest absolute Gasteiger partial charge is 0.262 e. The van der Waals surface area contributed by atoms with E-state index in [2.05, 4.69) is 20.8 Å². The summed E-state index contributed by atoms with van der Waals surface area (Å²) in [6.07, 6.45) is 4.73. The van der Waals surface area contributed by atoms with Gasteiger partial charge in [0.15, 0.2) is 0 Å². The predicted molar refractivity (Wildman–Crippen MR) is 103 cm³/mol. The van der Waals surface area contributed by atoms with Crippen molar-refractivity contribution < 1.29 is 9.59 Å². The van der Waals surface area contributed by atoms with Crippen molar-refractivity contribution in [2.75, 3.05) is 0 Å². The molecular formula is C18H18Cl2N4O2. The molecule has 1 aromatic carbocycles. The van der Waals surface area contributed by atoms with Crippen molar-refractivity contribution in [3.63, 3.8) is 0 Å². The number of aromatic nitrogens is 1. The van der Waals surface area contributed by atoms with E-state index in [9.17, 15) is 9.59 Å². The number of pyridine rings is 1. The van der Waals surface area contributed by atoms with Crippen molar-refractivity contribution in [2.45, 2.75) is 19.9 Å². The molecule has 1 aromatic heterocycles. The highest BCUT2D eigenvalue weighted by Crippen LogP contribution is 2.22. The summed E-state index contributed by atoms with van der Waals surface area (Å²) in [4.78, 5) is 28.7. The Labute approximate surface area is 161 Å². The SMILES string of the molecule is CC(C)C(NC(=O)c1ccc(Cl)c(Cl)c1)C(=O)N/N=C\c1cccnc1. The van der Waals surface area contributed by atoms with E-state index in [1.165, 1.54) is 18.3 Å². The van der Waals surface area contributed by atoms with Gasteiger partial charge in [0.25, 0.3) is 11.8 Å². The van der Waals surface area contributed by atoms with Gasteiger partial charge in [0.2, 0.25) is 0 Å². The summed E-state index contributed by atoms with van der Waals surface area (Å²) in [7, 11) is 0. The van der Waals surface area contributed by atoms with Crippen molar-refractivity contribution >= 4 is 41.2 Å². The van der Waals surface area contributed by atoms with Crippen molar-refractivity contribution in [2.24, 2.45) is 11.0 Å². The predicted octanol–water partition coefficient (Wildman–Crippen LogP) is 3.29. The van der Waals surface area contributed by atoms with Gasteiger partial charge in [0.1, 0.15) is 6.04 Å². The van der Waals surface area contributed by atoms with Crippen molar-refractivity contribution in [3.05, 3.63) is 63.9 Å². The summed E-state index contributed by atoms with van der Waals surface area (Å²) in [5.74, 6) is -0.988. The quantitative estimate of drug-likeness (QED) is 0.584. The van der Waals surface area contributed by atoms with Gasteiger partial charge in [-0.05, 0) is 30.2 Å². The monoisotopic (exact) mass is 392 g/mol. The van der Waals surface area contributed by atoms with Crippen LogP contribution in [0.4, 0.5) is 0 Å². The second kappa shape index (κ2) is 9.31. The van der Waals surface area contributed by atoms with Gasteiger partial charge in [-0.25, -0.2) is 5.43 Å². The molecule has 2 aromatic rings. The molecule has 2 rings (SSSR count). The molecule has 1 heterocycles. The Morgan fingerprint density at radius 1 is 1.19 bits per heavy atom. The van der Waals surface area contributed by atoms with Crippen LogP contribution >= 0.6 is 23.2 Å². The van der Waals surface area contributed by atoms with Crippen molar-refractivity contribution in [1.82, 2.24) is 15.7 Å². The number of nitrogens with zero attached hydrogens (tertiary/aromatic N) is 2. The van der Waals surface area contributed by atoms with E-state index in [0.717, 1.165) is 5.56 Å². The van der Waals surface area contributed by atoms with E-state index in [1.807, 2.05) is 13.8 Å². The maximum Gasteiger partial charge on any atom is 0.262 e. The van der Waals surface area contributed by atoms with Crippen molar-refractivity contribution in [3.8, 4) is 0 Å². The fourth-order valence-corrected chi connectivity index (χ4v) is 2.39. The van der Waals surface area contributed by atoms with E-state index in [4.69, 9.17) is 23.2 Å². The van der Waals surface area contributed by atoms with Gasteiger partial charge in [-0.3, -0.25) is 14.6 Å². The van der Waals surface area contributed by atoms with Gasteiger partial charge >= 0.3 is 0 Å². The molecule has 0 radical (unpaired) electrons. The second-order valence-electron chi connectivity index (χ2n) is 5.84. The molecular weight excluding hydrogens is 375 g/mol. The normalized spacial score (nSPS) is 12.2. The topological polar surface area (TPSA) is 83.5 Å². The summed E-state index contributed by atoms with van der Waals surface area (Å²) in [5.41, 5.74) is 3.49. The Balaban J connectivity index is 2.03. The number of rotatable bonds is 6. The molecule has 6 nitrogen and oxygen atoms in total. The highest BCUT2D eigenvalue weighted by Gasteiger charge is 2.24. The average Bonchev–Trinajstić information content (AvgIpc) is 2.62. The Hall–Kier alpha value is -2.44. The number of carbonyl (C=O) groups is 2. The zero-order chi connectivity index (χ0) is 19.1. The Morgan fingerprint density at radius 2 is 1.96 bits per heavy atom. The molecule has 0 aliphatic carbocycles. The summed E-state index contributed by atoms with van der Waals surface area (Å²) < 4.78 is 0. The number of hydrazone groups is 1. The van der Waals surface area contributed by atoms with Gasteiger partial charge in [-0.1, -0.05) is 43.1 Å². The maximum atomic E-state index is 12.4. The molecule has 0 saturated heterocycles. The zero-order valence-corrected chi connectivity index (χ0v) is 15.8. The lowest BCUT2D eigenvalue weighted by molar-refractivity contribution is -0.123. The van der Waals surface area contributed by atoms with Crippen LogP contribution in [-0.4, -0.2) is 29.1 Å². The highest BCUT2D eigenvalue weighted by atomic mass is 35.5. The fourth-order valence-electron chi connectivity index (χ4n) is 2.09. The first-order valence-corrected chi connectivity index (χ1v) is 8.63. The molecule has 136 valence electrons. The number of halogens is 2. The Morgan fingerprint density at radius 3 is 2.58 bits per heavy atom. The van der Waals surface area contributed by atoms with Crippen LogP contribution in [0.25, 0.3) is 0 Å². The lowest BCUT2D eigenvalue weighted by Crippen LogP contribution is -2.48. The lowest BCUT2D eigenvalue weighted by atomic mass is 10.0. The largest absolute Gasteiger partial charge is 0.340 e. The van der Waals surface area contributed by atoms with Crippen LogP contribution in [0, 0.1) is 5.92 Å². The molecule has 0 bridgehead atoms. The molecule has 1 atom stereocenters. The summed E-state index contributed by atoms with van der Waals surface area (Å²) in [5, 5.41) is 7.21. The lowest BCUT2D eigenvalue weighted by Gasteiger charge is -2.20. The first kappa shape index (κ1) is 19.9. The van der Waals surface area contributed by atoms with Crippen LogP contribution in [-0.2, 0) is 4.79 Å². The van der Waals surface area contributed by atoms with E-state index in [0.29, 0.717) is 10.6 Å². The standard InChI is InChI=1S/C18H18Cl2N4O2/c1-11(2)16(18(26)24-22-10-12-4-3-7-21-9-12)23-17(25)13-5-6-14(19)15(20)8-13/h3-11,16H,1-2H3,(H,23,25)(H,24,26)/b22-10-. The minimum absolute atomic E-state index is 0.143. The maximum absolute atomic E-state index is 12.4. The molecule has 1 unspecified atom stereocenters. The average molecular weight is 393 g/mol. The summed E-state index contributed by atoms with van der Waals surface area (Å²) >= 11 is 11.8. The van der Waals surface area contributed by atoms with Gasteiger partial charge < -0.3 is 5.32 Å². The molecule has 0 aliphatic rings. The highest BCUT2D eigenvalue weighted by molar-refractivity contribution is 6.42. The van der Waals surface area contributed by atoms with E-state index >= 15 is 0 Å². The second-order valence-corrected chi connectivity index (χ2v) is 6.66. The van der Waals surface area contributed by atoms with Crippen LogP contribution in [0.1, 0.15) is 29.8 Å². The first-order chi connectivity index (χ1) is 12.4. The Bertz CT molecular complexity index is 810. The number of nitrogens with one attached hydrogen (secondary N) is 2. The number of carbonyl (C=O) groups excluding carboxylic acids is 2. The molecule has 8 heteroatoms. The third-order valence-electron chi connectivity index (χ3n) is 3.49. The molecule has 0 saturated carbocycles. The van der Waals surface area contributed by atoms with E-state index in [1.54, 1.807) is 30.6 Å². The van der Waals surface area contributed by atoms with Gasteiger partial charge in [0.05, 0.1) is 16.3 Å². The van der Waals surface area contributed by atoms with Crippen LogP contribution in [0.2, 0.25) is 10.0 Å². The summed E-state index contributed by atoms with van der Waals surface area (Å²) in [6.45, 7) is 3.65. The number of benzene rings is 1. The Kier molecular flexibility index (Phi) is 7.12. The first-order valence-electron chi connectivity index (χ1n) is 7.87. The van der Waals surface area contributed by atoms with Crippen LogP contribution in [0.3, 0.4) is 0 Å². The third kappa shape index (κ3) is 5.54. The van der Waals surface area contributed by atoms with E-state index in [-0.39, 0.29) is 10.9 Å². The van der Waals surface area contributed by atoms with Crippen LogP contribution < -0.4 is 10.7 Å². The van der Waals surface area contributed by atoms with Gasteiger partial charge in [0, 0.05) is 23.5 Å². The number of hydrogen-bond acceptors (Lipinski definition) is 4. The molecule has 2 amide bonds. The molecule has 0 fully saturated rings. The zero-order valence-electron chi connectivity index (χ0n) is 14.2. The van der Waals surface area contributed by atoms with Gasteiger partial charge in [-0.15, -0.1) is 0 Å². The summed E-state index contributed by atoms with van der Waals surface area (Å²) in [6, 6.07) is 7.32. The van der Waals surface area contributed by atoms with E-state index < -0.39 is 17.9 Å². The third-order valence-corrected chi connectivity index (χ3v) is 4.23. The number of amides is 2. The fraction of sp³-hybridized carbons (Fsp3) is 0.222. The molecule has 0 aliphatic heterocycles. The van der Waals surface area contributed by atoms with Crippen LogP contribution in [0.15, 0.2) is 47.8 Å². The molecule has 26 heavy (non-hydrogen) atoms. The van der Waals surface area contributed by atoms with Crippen LogP contribution in [0.5, 0.6) is 0 Å². The minimum atomic E-state index is -0.761. The van der Waals surface area contributed by atoms with Gasteiger partial charge in [-0.2, -0.15) is 5.10 Å². The van der Waals surface area contributed by atoms with Crippen molar-refractivity contribution in [1.29, 1.82) is 0 Å². The number of hydrogen-bond donors (Lipinski definition) is 2.